The molecule has 7 nitrogen and oxygen atoms in total. The van der Waals surface area contributed by atoms with Crippen LogP contribution in [0.25, 0.3) is 0 Å². The third-order valence-electron chi connectivity index (χ3n) is 3.61. The number of carboxylic acid groups (broad SMARTS) is 1. The monoisotopic (exact) mass is 290 g/mol. The van der Waals surface area contributed by atoms with Crippen LogP contribution in [-0.2, 0) is 22.4 Å². The molecule has 0 aliphatic carbocycles. The fourth-order valence-electron chi connectivity index (χ4n) is 2.60. The number of nitrogens with zero attached hydrogens (tertiary/aromatic N) is 2. The minimum Gasteiger partial charge on any atom is -0.479 e. The first-order valence-electron chi connectivity index (χ1n) is 6.64. The third-order valence-corrected chi connectivity index (χ3v) is 3.61. The van der Waals surface area contributed by atoms with Crippen molar-refractivity contribution in [2.75, 3.05) is 6.54 Å². The molecular formula is C14H14N2O5. The number of carboxylic acids is 1. The molecule has 0 aromatic carbocycles. The summed E-state index contributed by atoms with van der Waals surface area (Å²) in [7, 11) is 0. The number of aryl methyl sites for hydroxylation is 1. The van der Waals surface area contributed by atoms with E-state index in [2.05, 4.69) is 5.16 Å². The van der Waals surface area contributed by atoms with Crippen molar-refractivity contribution in [3.63, 3.8) is 0 Å². The Morgan fingerprint density at radius 2 is 2.24 bits per heavy atom. The molecule has 3 rings (SSSR count). The Hall–Kier alpha value is -2.57. The number of carbonyl (C=O) groups excluding carboxylic acids is 1. The van der Waals surface area contributed by atoms with E-state index in [1.54, 1.807) is 12.1 Å². The Kier molecular flexibility index (Phi) is 3.47. The quantitative estimate of drug-likeness (QED) is 0.914. The molecule has 1 aliphatic rings. The number of aliphatic carboxylic acids is 1. The van der Waals surface area contributed by atoms with E-state index < -0.39 is 12.0 Å². The number of carbonyl (C=O) groups is 2. The molecule has 110 valence electrons. The predicted molar refractivity (Wildman–Crippen MR) is 69.3 cm³/mol. The van der Waals surface area contributed by atoms with Crippen LogP contribution in [0.5, 0.6) is 0 Å². The molecule has 1 amide bonds. The average Bonchev–Trinajstić information content (AvgIpc) is 3.14. The van der Waals surface area contributed by atoms with Crippen LogP contribution in [0.2, 0.25) is 0 Å². The summed E-state index contributed by atoms with van der Waals surface area (Å²) in [6.45, 7) is 0.342. The maximum absolute atomic E-state index is 12.3. The summed E-state index contributed by atoms with van der Waals surface area (Å²) < 4.78 is 9.97. The largest absolute Gasteiger partial charge is 0.479 e. The summed E-state index contributed by atoms with van der Waals surface area (Å²) >= 11 is 0. The molecule has 0 radical (unpaired) electrons. The topological polar surface area (TPSA) is 96.8 Å². The van der Waals surface area contributed by atoms with Crippen LogP contribution in [0, 0.1) is 0 Å². The van der Waals surface area contributed by atoms with Gasteiger partial charge in [-0.3, -0.25) is 4.79 Å². The van der Waals surface area contributed by atoms with Gasteiger partial charge in [0.25, 0.3) is 0 Å². The first kappa shape index (κ1) is 13.4. The summed E-state index contributed by atoms with van der Waals surface area (Å²) in [5.74, 6) is -0.618. The molecule has 1 N–H and O–H groups in total. The zero-order chi connectivity index (χ0) is 14.8. The van der Waals surface area contributed by atoms with E-state index in [1.165, 1.54) is 17.4 Å². The molecule has 2 aromatic heterocycles. The molecule has 7 heteroatoms. The molecule has 2 aromatic rings. The van der Waals surface area contributed by atoms with Crippen molar-refractivity contribution in [1.82, 2.24) is 10.1 Å². The summed E-state index contributed by atoms with van der Waals surface area (Å²) in [5.41, 5.74) is 1.24. The number of hydrogen-bond acceptors (Lipinski definition) is 5. The van der Waals surface area contributed by atoms with Crippen LogP contribution in [-0.4, -0.2) is 33.6 Å². The normalized spacial score (nSPS) is 17.5. The highest BCUT2D eigenvalue weighted by Crippen LogP contribution is 2.31. The van der Waals surface area contributed by atoms with Gasteiger partial charge >= 0.3 is 5.97 Å². The number of aromatic nitrogens is 1. The molecule has 0 bridgehead atoms. The van der Waals surface area contributed by atoms with Gasteiger partial charge in [0.05, 0.1) is 12.0 Å². The minimum absolute atomic E-state index is 0.198. The van der Waals surface area contributed by atoms with E-state index in [-0.39, 0.29) is 12.3 Å². The van der Waals surface area contributed by atoms with Gasteiger partial charge in [-0.15, -0.1) is 0 Å². The van der Waals surface area contributed by atoms with Crippen LogP contribution in [0.1, 0.15) is 29.5 Å². The van der Waals surface area contributed by atoms with Gasteiger partial charge in [-0.1, -0.05) is 5.16 Å². The van der Waals surface area contributed by atoms with Crippen molar-refractivity contribution < 1.29 is 23.6 Å². The highest BCUT2D eigenvalue weighted by molar-refractivity contribution is 5.85. The van der Waals surface area contributed by atoms with Crippen molar-refractivity contribution in [3.8, 4) is 0 Å². The van der Waals surface area contributed by atoms with Crippen LogP contribution >= 0.6 is 0 Å². The Balaban J connectivity index is 1.74. The molecule has 0 spiro atoms. The number of fused-ring (bicyclic) bond motifs is 1. The van der Waals surface area contributed by atoms with Crippen LogP contribution in [0.15, 0.2) is 33.6 Å². The molecular weight excluding hydrogens is 276 g/mol. The van der Waals surface area contributed by atoms with Gasteiger partial charge in [-0.2, -0.15) is 0 Å². The maximum atomic E-state index is 12.3. The molecule has 1 atom stereocenters. The van der Waals surface area contributed by atoms with Gasteiger partial charge in [0.2, 0.25) is 5.91 Å². The van der Waals surface area contributed by atoms with E-state index in [0.717, 1.165) is 0 Å². The van der Waals surface area contributed by atoms with Crippen molar-refractivity contribution in [2.45, 2.75) is 25.3 Å². The molecule has 21 heavy (non-hydrogen) atoms. The van der Waals surface area contributed by atoms with Gasteiger partial charge in [0, 0.05) is 37.4 Å². The zero-order valence-electron chi connectivity index (χ0n) is 11.2. The number of furan rings is 1. The number of hydrogen-bond donors (Lipinski definition) is 1. The first-order chi connectivity index (χ1) is 10.2. The van der Waals surface area contributed by atoms with Gasteiger partial charge in [0.15, 0.2) is 6.04 Å². The molecule has 3 heterocycles. The standard InChI is InChI=1S/C14H14N2O5/c17-12(2-1-9-4-8-21-15-9)16-6-3-11-10(5-7-20-11)13(16)14(18)19/h4-5,7-8,13H,1-3,6H2,(H,18,19). The van der Waals surface area contributed by atoms with E-state index in [0.29, 0.717) is 36.4 Å². The fraction of sp³-hybridized carbons (Fsp3) is 0.357. The van der Waals surface area contributed by atoms with Crippen molar-refractivity contribution in [3.05, 3.63) is 41.7 Å². The zero-order valence-corrected chi connectivity index (χ0v) is 11.2. The Morgan fingerprint density at radius 1 is 1.38 bits per heavy atom. The lowest BCUT2D eigenvalue weighted by Gasteiger charge is -2.32. The van der Waals surface area contributed by atoms with E-state index in [4.69, 9.17) is 8.94 Å². The number of amides is 1. The Bertz CT molecular complexity index is 646. The first-order valence-corrected chi connectivity index (χ1v) is 6.64. The van der Waals surface area contributed by atoms with Gasteiger partial charge in [-0.25, -0.2) is 4.79 Å². The number of rotatable bonds is 4. The van der Waals surface area contributed by atoms with Gasteiger partial charge < -0.3 is 18.9 Å². The molecule has 0 fully saturated rings. The SMILES string of the molecule is O=C(O)C1c2ccoc2CCN1C(=O)CCc1ccon1. The maximum Gasteiger partial charge on any atom is 0.331 e. The second kappa shape index (κ2) is 5.43. The highest BCUT2D eigenvalue weighted by Gasteiger charge is 2.37. The fourth-order valence-corrected chi connectivity index (χ4v) is 2.60. The van der Waals surface area contributed by atoms with E-state index in [9.17, 15) is 14.7 Å². The molecule has 1 unspecified atom stereocenters. The average molecular weight is 290 g/mol. The highest BCUT2D eigenvalue weighted by atomic mass is 16.5. The molecule has 1 aliphatic heterocycles. The summed E-state index contributed by atoms with van der Waals surface area (Å²) in [5, 5.41) is 13.2. The summed E-state index contributed by atoms with van der Waals surface area (Å²) in [4.78, 5) is 25.2. The van der Waals surface area contributed by atoms with Crippen LogP contribution < -0.4 is 0 Å². The van der Waals surface area contributed by atoms with E-state index >= 15 is 0 Å². The van der Waals surface area contributed by atoms with Crippen LogP contribution in [0.4, 0.5) is 0 Å². The van der Waals surface area contributed by atoms with Crippen molar-refractivity contribution in [1.29, 1.82) is 0 Å². The van der Waals surface area contributed by atoms with Crippen LogP contribution in [0.3, 0.4) is 0 Å². The predicted octanol–water partition coefficient (Wildman–Crippen LogP) is 1.41. The minimum atomic E-state index is -1.05. The second-order valence-corrected chi connectivity index (χ2v) is 4.87. The van der Waals surface area contributed by atoms with E-state index in [1.807, 2.05) is 0 Å². The lowest BCUT2D eigenvalue weighted by molar-refractivity contribution is -0.151. The Morgan fingerprint density at radius 3 is 2.95 bits per heavy atom. The second-order valence-electron chi connectivity index (χ2n) is 4.87. The van der Waals surface area contributed by atoms with Crippen molar-refractivity contribution in [2.24, 2.45) is 0 Å². The van der Waals surface area contributed by atoms with Crippen molar-refractivity contribution >= 4 is 11.9 Å². The summed E-state index contributed by atoms with van der Waals surface area (Å²) in [6, 6.07) is 2.33. The van der Waals surface area contributed by atoms with Gasteiger partial charge in [-0.05, 0) is 6.07 Å². The molecule has 0 saturated carbocycles. The lowest BCUT2D eigenvalue weighted by atomic mass is 9.98. The van der Waals surface area contributed by atoms with Gasteiger partial charge in [0.1, 0.15) is 12.0 Å². The lowest BCUT2D eigenvalue weighted by Crippen LogP contribution is -2.43. The Labute approximate surface area is 120 Å². The third kappa shape index (κ3) is 2.54. The molecule has 0 saturated heterocycles. The smallest absolute Gasteiger partial charge is 0.331 e. The summed E-state index contributed by atoms with van der Waals surface area (Å²) in [6.07, 6.45) is 4.06.